The predicted octanol–water partition coefficient (Wildman–Crippen LogP) is 2.86. The molecule has 0 aromatic heterocycles. The van der Waals surface area contributed by atoms with Gasteiger partial charge in [0.05, 0.1) is 12.2 Å². The van der Waals surface area contributed by atoms with Crippen LogP contribution >= 0.6 is 15.9 Å². The van der Waals surface area contributed by atoms with Gasteiger partial charge in [0.2, 0.25) is 11.8 Å². The van der Waals surface area contributed by atoms with Crippen molar-refractivity contribution in [2.24, 2.45) is 5.92 Å². The highest BCUT2D eigenvalue weighted by atomic mass is 79.9. The predicted molar refractivity (Wildman–Crippen MR) is 82.3 cm³/mol. The maximum absolute atomic E-state index is 11.9. The first-order chi connectivity index (χ1) is 9.66. The van der Waals surface area contributed by atoms with Crippen LogP contribution in [-0.4, -0.2) is 18.4 Å². The molecule has 5 heteroatoms. The fourth-order valence-corrected chi connectivity index (χ4v) is 2.48. The van der Waals surface area contributed by atoms with Crippen LogP contribution in [0.15, 0.2) is 40.9 Å². The van der Waals surface area contributed by atoms with Gasteiger partial charge in [0.25, 0.3) is 0 Å². The second kappa shape index (κ2) is 7.24. The summed E-state index contributed by atoms with van der Waals surface area (Å²) in [6, 6.07) is 7.36. The van der Waals surface area contributed by atoms with Crippen LogP contribution in [0.4, 0.5) is 5.69 Å². The first-order valence-electron chi connectivity index (χ1n) is 6.64. The van der Waals surface area contributed by atoms with E-state index in [-0.39, 0.29) is 24.3 Å². The number of carbonyl (C=O) groups is 2. The second-order valence-electron chi connectivity index (χ2n) is 4.73. The molecule has 20 heavy (non-hydrogen) atoms. The molecule has 0 aliphatic heterocycles. The summed E-state index contributed by atoms with van der Waals surface area (Å²) in [5.74, 6) is -0.274. The van der Waals surface area contributed by atoms with Crippen molar-refractivity contribution in [3.63, 3.8) is 0 Å². The molecular weight excluding hydrogens is 320 g/mol. The number of allylic oxidation sites excluding steroid dienone is 2. The summed E-state index contributed by atoms with van der Waals surface area (Å²) in [7, 11) is 0. The maximum Gasteiger partial charge on any atom is 0.243 e. The highest BCUT2D eigenvalue weighted by molar-refractivity contribution is 9.10. The fourth-order valence-electron chi connectivity index (χ4n) is 2.10. The quantitative estimate of drug-likeness (QED) is 0.830. The van der Waals surface area contributed by atoms with Gasteiger partial charge in [-0.2, -0.15) is 0 Å². The molecule has 1 aromatic carbocycles. The van der Waals surface area contributed by atoms with Crippen molar-refractivity contribution in [2.45, 2.75) is 19.3 Å². The van der Waals surface area contributed by atoms with Crippen molar-refractivity contribution in [3.8, 4) is 0 Å². The van der Waals surface area contributed by atoms with Crippen LogP contribution in [0.25, 0.3) is 0 Å². The van der Waals surface area contributed by atoms with Crippen LogP contribution < -0.4 is 10.6 Å². The van der Waals surface area contributed by atoms with E-state index in [4.69, 9.17) is 0 Å². The lowest BCUT2D eigenvalue weighted by atomic mass is 9.94. The Balaban J connectivity index is 1.79. The summed E-state index contributed by atoms with van der Waals surface area (Å²) in [4.78, 5) is 23.7. The Labute approximate surface area is 126 Å². The molecule has 0 saturated carbocycles. The van der Waals surface area contributed by atoms with E-state index in [1.165, 1.54) is 0 Å². The average molecular weight is 337 g/mol. The van der Waals surface area contributed by atoms with Crippen LogP contribution in [0.1, 0.15) is 19.3 Å². The lowest BCUT2D eigenvalue weighted by Crippen LogP contribution is -2.37. The molecule has 0 heterocycles. The monoisotopic (exact) mass is 336 g/mol. The van der Waals surface area contributed by atoms with Crippen molar-refractivity contribution in [2.75, 3.05) is 11.9 Å². The average Bonchev–Trinajstić information content (AvgIpc) is 2.48. The lowest BCUT2D eigenvalue weighted by Gasteiger charge is -2.17. The smallest absolute Gasteiger partial charge is 0.243 e. The van der Waals surface area contributed by atoms with Crippen LogP contribution in [0.5, 0.6) is 0 Å². The summed E-state index contributed by atoms with van der Waals surface area (Å²) < 4.78 is 0.817. The van der Waals surface area contributed by atoms with Crippen molar-refractivity contribution in [1.29, 1.82) is 0 Å². The molecule has 0 saturated heterocycles. The first-order valence-corrected chi connectivity index (χ1v) is 7.43. The third kappa shape index (κ3) is 4.20. The summed E-state index contributed by atoms with van der Waals surface area (Å²) in [6.07, 6.45) is 6.66. The molecule has 0 spiro atoms. The number of hydrogen-bond acceptors (Lipinski definition) is 2. The number of anilines is 1. The molecule has 106 valence electrons. The molecule has 2 rings (SSSR count). The molecule has 1 aromatic rings. The van der Waals surface area contributed by atoms with E-state index in [1.54, 1.807) is 6.07 Å². The van der Waals surface area contributed by atoms with Crippen molar-refractivity contribution in [3.05, 3.63) is 40.9 Å². The van der Waals surface area contributed by atoms with Crippen LogP contribution in [-0.2, 0) is 9.59 Å². The molecule has 1 atom stereocenters. The molecule has 0 bridgehead atoms. The number of nitrogens with one attached hydrogen (secondary N) is 2. The van der Waals surface area contributed by atoms with Gasteiger partial charge in [0, 0.05) is 10.4 Å². The number of benzene rings is 1. The zero-order valence-electron chi connectivity index (χ0n) is 11.1. The molecule has 0 radical (unpaired) electrons. The topological polar surface area (TPSA) is 58.2 Å². The second-order valence-corrected chi connectivity index (χ2v) is 5.58. The Hall–Kier alpha value is -1.62. The molecule has 4 nitrogen and oxygen atoms in total. The number of carbonyl (C=O) groups excluding carboxylic acids is 2. The number of amides is 2. The van der Waals surface area contributed by atoms with E-state index in [1.807, 2.05) is 24.3 Å². The molecule has 1 aliphatic carbocycles. The number of para-hydroxylation sites is 1. The largest absolute Gasteiger partial charge is 0.347 e. The van der Waals surface area contributed by atoms with Gasteiger partial charge >= 0.3 is 0 Å². The van der Waals surface area contributed by atoms with Gasteiger partial charge in [-0.15, -0.1) is 0 Å². The summed E-state index contributed by atoms with van der Waals surface area (Å²) in [5.41, 5.74) is 0.701. The Morgan fingerprint density at radius 1 is 1.25 bits per heavy atom. The van der Waals surface area contributed by atoms with Crippen molar-refractivity contribution in [1.82, 2.24) is 5.32 Å². The van der Waals surface area contributed by atoms with E-state index in [0.717, 1.165) is 23.7 Å². The minimum atomic E-state index is -0.225. The van der Waals surface area contributed by atoms with Gasteiger partial charge in [-0.25, -0.2) is 0 Å². The van der Waals surface area contributed by atoms with E-state index in [0.29, 0.717) is 5.69 Å². The molecule has 2 N–H and O–H groups in total. The SMILES string of the molecule is O=C(CNC(=O)[C@@H]1CC=CCC1)Nc1ccccc1Br. The summed E-state index contributed by atoms with van der Waals surface area (Å²) >= 11 is 3.36. The Morgan fingerprint density at radius 3 is 2.75 bits per heavy atom. The lowest BCUT2D eigenvalue weighted by molar-refractivity contribution is -0.127. The molecule has 0 fully saturated rings. The number of hydrogen-bond donors (Lipinski definition) is 2. The normalized spacial score (nSPS) is 17.6. The van der Waals surface area contributed by atoms with Gasteiger partial charge in [0.1, 0.15) is 0 Å². The Morgan fingerprint density at radius 2 is 2.05 bits per heavy atom. The highest BCUT2D eigenvalue weighted by Crippen LogP contribution is 2.21. The zero-order valence-corrected chi connectivity index (χ0v) is 12.7. The Kier molecular flexibility index (Phi) is 5.35. The van der Waals surface area contributed by atoms with Crippen molar-refractivity contribution >= 4 is 33.4 Å². The van der Waals surface area contributed by atoms with Gasteiger partial charge in [-0.3, -0.25) is 9.59 Å². The van der Waals surface area contributed by atoms with Gasteiger partial charge in [-0.05, 0) is 47.3 Å². The molecular formula is C15H17BrN2O2. The van der Waals surface area contributed by atoms with Gasteiger partial charge in [-0.1, -0.05) is 24.3 Å². The highest BCUT2D eigenvalue weighted by Gasteiger charge is 2.19. The number of halogens is 1. The molecule has 1 aliphatic rings. The van der Waals surface area contributed by atoms with Crippen molar-refractivity contribution < 1.29 is 9.59 Å². The minimum absolute atomic E-state index is 0.000379. The van der Waals surface area contributed by atoms with E-state index in [2.05, 4.69) is 32.6 Å². The third-order valence-corrected chi connectivity index (χ3v) is 3.90. The third-order valence-electron chi connectivity index (χ3n) is 3.21. The standard InChI is InChI=1S/C15H17BrN2O2/c16-12-8-4-5-9-13(12)18-14(19)10-17-15(20)11-6-2-1-3-7-11/h1-2,4-5,8-9,11H,3,6-7,10H2,(H,17,20)(H,18,19)/t11-/m1/s1. The van der Waals surface area contributed by atoms with Crippen LogP contribution in [0, 0.1) is 5.92 Å². The fraction of sp³-hybridized carbons (Fsp3) is 0.333. The Bertz CT molecular complexity index is 528. The van der Waals surface area contributed by atoms with Gasteiger partial charge in [0.15, 0.2) is 0 Å². The van der Waals surface area contributed by atoms with Crippen LogP contribution in [0.3, 0.4) is 0 Å². The van der Waals surface area contributed by atoms with Crippen LogP contribution in [0.2, 0.25) is 0 Å². The maximum atomic E-state index is 11.9. The number of rotatable bonds is 4. The minimum Gasteiger partial charge on any atom is -0.347 e. The van der Waals surface area contributed by atoms with Gasteiger partial charge < -0.3 is 10.6 Å². The molecule has 2 amide bonds. The first kappa shape index (κ1) is 14.8. The van der Waals surface area contributed by atoms with E-state index < -0.39 is 0 Å². The van der Waals surface area contributed by atoms with E-state index in [9.17, 15) is 9.59 Å². The summed E-state index contributed by atoms with van der Waals surface area (Å²) in [6.45, 7) is 0.000379. The zero-order chi connectivity index (χ0) is 14.4. The summed E-state index contributed by atoms with van der Waals surface area (Å²) in [5, 5.41) is 5.45. The van der Waals surface area contributed by atoms with E-state index >= 15 is 0 Å². The molecule has 0 unspecified atom stereocenters.